The smallest absolute Gasteiger partial charge is 0.251 e. The van der Waals surface area contributed by atoms with Crippen LogP contribution in [0.25, 0.3) is 0 Å². The third kappa shape index (κ3) is 5.61. The normalized spacial score (nSPS) is 14.7. The van der Waals surface area contributed by atoms with Gasteiger partial charge >= 0.3 is 0 Å². The van der Waals surface area contributed by atoms with Gasteiger partial charge in [-0.05, 0) is 63.0 Å². The number of rotatable bonds is 6. The van der Waals surface area contributed by atoms with Crippen molar-refractivity contribution >= 4 is 28.3 Å². The van der Waals surface area contributed by atoms with Gasteiger partial charge in [-0.15, -0.1) is 11.3 Å². The maximum atomic E-state index is 12.2. The average Bonchev–Trinajstić information content (AvgIpc) is 3.09. The molecule has 1 aliphatic rings. The van der Waals surface area contributed by atoms with Crippen LogP contribution in [0.15, 0.2) is 23.6 Å². The highest BCUT2D eigenvalue weighted by molar-refractivity contribution is 7.13. The fourth-order valence-corrected chi connectivity index (χ4v) is 3.81. The number of aromatic nitrogens is 1. The number of likely N-dealkylation sites (tertiary alicyclic amines) is 1. The summed E-state index contributed by atoms with van der Waals surface area (Å²) in [7, 11) is 0. The van der Waals surface area contributed by atoms with Crippen molar-refractivity contribution in [3.8, 4) is 0 Å². The molecule has 2 amide bonds. The Kier molecular flexibility index (Phi) is 6.58. The molecule has 0 saturated carbocycles. The predicted molar refractivity (Wildman–Crippen MR) is 108 cm³/mol. The van der Waals surface area contributed by atoms with Gasteiger partial charge < -0.3 is 10.6 Å². The van der Waals surface area contributed by atoms with Crippen molar-refractivity contribution in [1.29, 1.82) is 0 Å². The summed E-state index contributed by atoms with van der Waals surface area (Å²) >= 11 is 1.42. The van der Waals surface area contributed by atoms with Crippen LogP contribution in [0.5, 0.6) is 0 Å². The van der Waals surface area contributed by atoms with Crippen LogP contribution in [0.4, 0.5) is 5.13 Å². The zero-order valence-corrected chi connectivity index (χ0v) is 16.7. The quantitative estimate of drug-likeness (QED) is 0.800. The largest absolute Gasteiger partial charge is 0.343 e. The van der Waals surface area contributed by atoms with Gasteiger partial charge in [-0.2, -0.15) is 0 Å². The van der Waals surface area contributed by atoms with Gasteiger partial charge in [0.1, 0.15) is 0 Å². The minimum atomic E-state index is -0.272. The van der Waals surface area contributed by atoms with Crippen LogP contribution < -0.4 is 10.6 Å². The summed E-state index contributed by atoms with van der Waals surface area (Å²) in [5, 5.41) is 7.98. The van der Waals surface area contributed by atoms with Gasteiger partial charge in [-0.3, -0.25) is 14.5 Å². The maximum Gasteiger partial charge on any atom is 0.251 e. The number of nitrogens with one attached hydrogen (secondary N) is 2. The Hall–Kier alpha value is -2.25. The van der Waals surface area contributed by atoms with Crippen molar-refractivity contribution in [2.45, 2.75) is 39.7 Å². The Bertz CT molecular complexity index is 812. The van der Waals surface area contributed by atoms with E-state index in [-0.39, 0.29) is 18.4 Å². The molecule has 1 aromatic carbocycles. The van der Waals surface area contributed by atoms with E-state index in [1.165, 1.54) is 30.6 Å². The van der Waals surface area contributed by atoms with E-state index in [0.717, 1.165) is 36.5 Å². The Balaban J connectivity index is 1.46. The number of anilines is 1. The summed E-state index contributed by atoms with van der Waals surface area (Å²) < 4.78 is 0. The molecule has 1 aromatic heterocycles. The molecule has 27 heavy (non-hydrogen) atoms. The molecular formula is C20H26N4O2S. The molecule has 2 N–H and O–H groups in total. The Morgan fingerprint density at radius 2 is 1.93 bits per heavy atom. The molecule has 1 aliphatic heterocycles. The van der Waals surface area contributed by atoms with E-state index >= 15 is 0 Å². The first-order chi connectivity index (χ1) is 13.0. The molecule has 1 saturated heterocycles. The number of thiazole rings is 1. The molecule has 0 spiro atoms. The van der Waals surface area contributed by atoms with Crippen LogP contribution >= 0.6 is 11.3 Å². The molecule has 0 bridgehead atoms. The highest BCUT2D eigenvalue weighted by Crippen LogP contribution is 2.18. The monoisotopic (exact) mass is 386 g/mol. The van der Waals surface area contributed by atoms with E-state index < -0.39 is 0 Å². The van der Waals surface area contributed by atoms with Crippen molar-refractivity contribution in [3.05, 3.63) is 46.0 Å². The third-order valence-electron chi connectivity index (χ3n) is 4.81. The lowest BCUT2D eigenvalue weighted by Gasteiger charge is -2.25. The molecule has 3 rings (SSSR count). The molecule has 144 valence electrons. The summed E-state index contributed by atoms with van der Waals surface area (Å²) in [5.41, 5.74) is 3.73. The van der Waals surface area contributed by atoms with Crippen molar-refractivity contribution in [2.24, 2.45) is 0 Å². The molecular weight excluding hydrogens is 360 g/mol. The van der Waals surface area contributed by atoms with Gasteiger partial charge in [0.25, 0.3) is 5.91 Å². The van der Waals surface area contributed by atoms with Gasteiger partial charge in [0, 0.05) is 17.5 Å². The Morgan fingerprint density at radius 3 is 2.67 bits per heavy atom. The summed E-state index contributed by atoms with van der Waals surface area (Å²) in [6, 6.07) is 5.50. The van der Waals surface area contributed by atoms with E-state index in [2.05, 4.69) is 20.5 Å². The molecule has 0 atom stereocenters. The fourth-order valence-electron chi connectivity index (χ4n) is 3.09. The SMILES string of the molecule is Cc1ccc(C(=O)NCC(=O)Nc2nc(CN3CCCCC3)cs2)cc1C. The highest BCUT2D eigenvalue weighted by atomic mass is 32.1. The average molecular weight is 387 g/mol. The van der Waals surface area contributed by atoms with Crippen LogP contribution in [-0.4, -0.2) is 41.3 Å². The minimum absolute atomic E-state index is 0.0766. The van der Waals surface area contributed by atoms with Crippen molar-refractivity contribution in [2.75, 3.05) is 25.0 Å². The third-order valence-corrected chi connectivity index (χ3v) is 5.62. The van der Waals surface area contributed by atoms with Crippen molar-refractivity contribution in [3.63, 3.8) is 0 Å². The zero-order valence-electron chi connectivity index (χ0n) is 15.9. The van der Waals surface area contributed by atoms with Crippen molar-refractivity contribution < 1.29 is 9.59 Å². The van der Waals surface area contributed by atoms with E-state index in [1.807, 2.05) is 31.4 Å². The maximum absolute atomic E-state index is 12.2. The molecule has 0 aliphatic carbocycles. The van der Waals surface area contributed by atoms with Crippen LogP contribution in [-0.2, 0) is 11.3 Å². The highest BCUT2D eigenvalue weighted by Gasteiger charge is 2.14. The topological polar surface area (TPSA) is 74.3 Å². The molecule has 2 heterocycles. The van der Waals surface area contributed by atoms with E-state index in [0.29, 0.717) is 10.7 Å². The summed E-state index contributed by atoms with van der Waals surface area (Å²) in [5.74, 6) is -0.524. The van der Waals surface area contributed by atoms with Crippen LogP contribution in [0.2, 0.25) is 0 Å². The number of hydrogen-bond donors (Lipinski definition) is 2. The van der Waals surface area contributed by atoms with E-state index in [1.54, 1.807) is 6.07 Å². The lowest BCUT2D eigenvalue weighted by molar-refractivity contribution is -0.115. The predicted octanol–water partition coefficient (Wildman–Crippen LogP) is 3.11. The van der Waals surface area contributed by atoms with Crippen LogP contribution in [0, 0.1) is 13.8 Å². The molecule has 6 nitrogen and oxygen atoms in total. The van der Waals surface area contributed by atoms with E-state index in [4.69, 9.17) is 0 Å². The van der Waals surface area contributed by atoms with E-state index in [9.17, 15) is 9.59 Å². The second-order valence-corrected chi connectivity index (χ2v) is 7.87. The second-order valence-electron chi connectivity index (χ2n) is 7.01. The Labute approximate surface area is 164 Å². The number of piperidine rings is 1. The zero-order chi connectivity index (χ0) is 19.2. The number of amides is 2. The standard InChI is InChI=1S/C20H26N4O2S/c1-14-6-7-16(10-15(14)2)19(26)21-11-18(25)23-20-22-17(13-27-20)12-24-8-4-3-5-9-24/h6-7,10,13H,3-5,8-9,11-12H2,1-2H3,(H,21,26)(H,22,23,25). The lowest BCUT2D eigenvalue weighted by atomic mass is 10.1. The first-order valence-electron chi connectivity index (χ1n) is 9.33. The molecule has 2 aromatic rings. The number of aryl methyl sites for hydroxylation is 2. The molecule has 1 fully saturated rings. The molecule has 7 heteroatoms. The van der Waals surface area contributed by atoms with Gasteiger partial charge in [0.2, 0.25) is 5.91 Å². The van der Waals surface area contributed by atoms with Gasteiger partial charge in [-0.1, -0.05) is 12.5 Å². The number of benzene rings is 1. The number of carbonyl (C=O) groups is 2. The first-order valence-corrected chi connectivity index (χ1v) is 10.2. The number of carbonyl (C=O) groups excluding carboxylic acids is 2. The van der Waals surface area contributed by atoms with Crippen LogP contribution in [0.3, 0.4) is 0 Å². The van der Waals surface area contributed by atoms with Crippen molar-refractivity contribution in [1.82, 2.24) is 15.2 Å². The Morgan fingerprint density at radius 1 is 1.15 bits per heavy atom. The van der Waals surface area contributed by atoms with Gasteiger partial charge in [0.05, 0.1) is 12.2 Å². The number of nitrogens with zero attached hydrogens (tertiary/aromatic N) is 2. The molecule has 0 radical (unpaired) electrons. The van der Waals surface area contributed by atoms with Gasteiger partial charge in [0.15, 0.2) is 5.13 Å². The van der Waals surface area contributed by atoms with Crippen LogP contribution in [0.1, 0.15) is 46.4 Å². The summed E-state index contributed by atoms with van der Waals surface area (Å²) in [6.45, 7) is 6.94. The fraction of sp³-hybridized carbons (Fsp3) is 0.450. The van der Waals surface area contributed by atoms with Gasteiger partial charge in [-0.25, -0.2) is 4.98 Å². The summed E-state index contributed by atoms with van der Waals surface area (Å²) in [4.78, 5) is 31.2. The lowest BCUT2D eigenvalue weighted by Crippen LogP contribution is -2.33. The second kappa shape index (κ2) is 9.10. The minimum Gasteiger partial charge on any atom is -0.343 e. The molecule has 0 unspecified atom stereocenters. The first kappa shape index (κ1) is 19.5. The summed E-state index contributed by atoms with van der Waals surface area (Å²) in [6.07, 6.45) is 3.80. The number of hydrogen-bond acceptors (Lipinski definition) is 5.